The Kier molecular flexibility index (Phi) is 10.1. The monoisotopic (exact) mass is 708 g/mol. The summed E-state index contributed by atoms with van der Waals surface area (Å²) >= 11 is 9.78. The molecule has 1 aromatic carbocycles. The number of rotatable bonds is 7. The third kappa shape index (κ3) is 8.47. The average molecular weight is 711 g/mol. The molecule has 0 aromatic heterocycles. The van der Waals surface area contributed by atoms with Gasteiger partial charge < -0.3 is 10.6 Å². The molecule has 0 bridgehead atoms. The molecular weight excluding hydrogens is 690 g/mol. The van der Waals surface area contributed by atoms with Crippen LogP contribution < -0.4 is 10.6 Å². The van der Waals surface area contributed by atoms with E-state index >= 15 is 0 Å². The lowest BCUT2D eigenvalue weighted by molar-refractivity contribution is -0.182. The maximum absolute atomic E-state index is 13.9. The normalized spacial score (nSPS) is 20.4. The summed E-state index contributed by atoms with van der Waals surface area (Å²) in [7, 11) is 0. The Morgan fingerprint density at radius 2 is 1.78 bits per heavy atom. The molecule has 0 aliphatic heterocycles. The van der Waals surface area contributed by atoms with Gasteiger partial charge >= 0.3 is 12.4 Å². The van der Waals surface area contributed by atoms with Crippen LogP contribution in [-0.4, -0.2) is 36.8 Å². The fourth-order valence-electron chi connectivity index (χ4n) is 3.46. The van der Waals surface area contributed by atoms with Gasteiger partial charge in [0.1, 0.15) is 12.6 Å². The van der Waals surface area contributed by atoms with Crippen LogP contribution in [0.25, 0.3) is 6.08 Å². The van der Waals surface area contributed by atoms with Gasteiger partial charge in [-0.05, 0) is 62.9 Å². The van der Waals surface area contributed by atoms with Crippen molar-refractivity contribution in [2.24, 2.45) is 11.3 Å². The molecule has 2 amide bonds. The molecule has 0 heterocycles. The highest BCUT2D eigenvalue weighted by Crippen LogP contribution is 2.50. The quantitative estimate of drug-likeness (QED) is 0.290. The van der Waals surface area contributed by atoms with Crippen molar-refractivity contribution in [3.8, 4) is 0 Å². The highest BCUT2D eigenvalue weighted by atomic mass is 79.9. The Hall–Kier alpha value is -1.60. The molecule has 1 aliphatic rings. The predicted octanol–water partition coefficient (Wildman–Crippen LogP) is 7.41. The minimum absolute atomic E-state index is 0.0519. The van der Waals surface area contributed by atoms with Crippen LogP contribution in [0.3, 0.4) is 0 Å². The third-order valence-corrected chi connectivity index (χ3v) is 8.03. The number of hydrogen-bond donors (Lipinski definition) is 2. The second kappa shape index (κ2) is 11.8. The van der Waals surface area contributed by atoms with Gasteiger partial charge in [0.25, 0.3) is 5.91 Å². The van der Waals surface area contributed by atoms with Gasteiger partial charge in [0, 0.05) is 18.9 Å². The van der Waals surface area contributed by atoms with Crippen molar-refractivity contribution in [2.75, 3.05) is 6.54 Å². The summed E-state index contributed by atoms with van der Waals surface area (Å²) in [6, 6.07) is 2.93. The van der Waals surface area contributed by atoms with Gasteiger partial charge in [-0.15, -0.1) is 0 Å². The largest absolute Gasteiger partial charge is 0.405 e. The maximum Gasteiger partial charge on any atom is 0.405 e. The van der Waals surface area contributed by atoms with Gasteiger partial charge in [-0.3, -0.25) is 9.59 Å². The molecule has 0 saturated heterocycles. The van der Waals surface area contributed by atoms with Gasteiger partial charge in [-0.1, -0.05) is 53.2 Å². The number of amides is 2. The first-order valence-corrected chi connectivity index (χ1v) is 12.7. The lowest BCUT2D eigenvalue weighted by atomic mass is 9.72. The molecule has 0 radical (unpaired) electrons. The molecule has 36 heavy (non-hydrogen) atoms. The first kappa shape index (κ1) is 30.6. The molecule has 3 atom stereocenters. The highest BCUT2D eigenvalue weighted by Gasteiger charge is 2.49. The van der Waals surface area contributed by atoms with E-state index in [1.807, 2.05) is 0 Å². The summed E-state index contributed by atoms with van der Waals surface area (Å²) in [5.41, 5.74) is -0.802. The van der Waals surface area contributed by atoms with E-state index in [9.17, 15) is 35.9 Å². The zero-order chi connectivity index (χ0) is 27.5. The SMILES string of the molecule is C[C@@H](NC(=O)c1ccc(/C=C/C(C(F)(F)F)C2(C)C=CC(Br)=C(Br)C2)cc1Br)C(=O)NCC(F)(F)F. The van der Waals surface area contributed by atoms with E-state index in [1.54, 1.807) is 11.4 Å². The molecule has 0 spiro atoms. The lowest BCUT2D eigenvalue weighted by Crippen LogP contribution is -2.47. The molecule has 13 heteroatoms. The number of halogens is 9. The Bertz CT molecular complexity index is 1100. The van der Waals surface area contributed by atoms with Crippen molar-refractivity contribution in [2.45, 2.75) is 38.7 Å². The Morgan fingerprint density at radius 1 is 1.14 bits per heavy atom. The van der Waals surface area contributed by atoms with Gasteiger partial charge in [0.15, 0.2) is 0 Å². The standard InChI is InChI=1S/C23H21Br3F6N2O2/c1-12(19(35)33-11-22(27,28)29)34-20(36)14-5-3-13(9-16(14)25)4-6-18(23(30,31)32)21(2)8-7-15(24)17(26)10-21/h3-9,12,18H,10-11H2,1-2H3,(H,33,35)(H,34,36)/b6-4+/t12-,18?,21?/m1/s1. The average Bonchev–Trinajstić information content (AvgIpc) is 2.73. The summed E-state index contributed by atoms with van der Waals surface area (Å²) in [5, 5.41) is 3.96. The molecule has 2 rings (SSSR count). The molecule has 1 aromatic rings. The fourth-order valence-corrected chi connectivity index (χ4v) is 5.04. The molecule has 198 valence electrons. The zero-order valence-corrected chi connectivity index (χ0v) is 23.6. The van der Waals surface area contributed by atoms with E-state index in [4.69, 9.17) is 0 Å². The Labute approximate surface area is 229 Å². The smallest absolute Gasteiger partial charge is 0.345 e. The van der Waals surface area contributed by atoms with Crippen LogP contribution in [-0.2, 0) is 4.79 Å². The number of nitrogens with one attached hydrogen (secondary N) is 2. The molecule has 1 aliphatic carbocycles. The van der Waals surface area contributed by atoms with Crippen LogP contribution in [0.5, 0.6) is 0 Å². The fraction of sp³-hybridized carbons (Fsp3) is 0.391. The van der Waals surface area contributed by atoms with E-state index in [0.717, 1.165) is 6.08 Å². The van der Waals surface area contributed by atoms with Crippen LogP contribution >= 0.6 is 47.8 Å². The van der Waals surface area contributed by atoms with Crippen molar-refractivity contribution in [3.63, 3.8) is 0 Å². The molecule has 0 fully saturated rings. The minimum Gasteiger partial charge on any atom is -0.345 e. The first-order chi connectivity index (χ1) is 16.4. The van der Waals surface area contributed by atoms with Crippen molar-refractivity contribution >= 4 is 65.7 Å². The van der Waals surface area contributed by atoms with E-state index in [1.165, 1.54) is 44.2 Å². The van der Waals surface area contributed by atoms with Crippen molar-refractivity contribution in [1.29, 1.82) is 0 Å². The Morgan fingerprint density at radius 3 is 2.31 bits per heavy atom. The second-order valence-electron chi connectivity index (χ2n) is 8.41. The van der Waals surface area contributed by atoms with Crippen molar-refractivity contribution in [3.05, 3.63) is 61.0 Å². The number of alkyl halides is 6. The van der Waals surface area contributed by atoms with Gasteiger partial charge in [-0.2, -0.15) is 26.3 Å². The summed E-state index contributed by atoms with van der Waals surface area (Å²) in [6.07, 6.45) is -3.51. The molecule has 2 unspecified atom stereocenters. The molecule has 0 saturated carbocycles. The van der Waals surface area contributed by atoms with Crippen molar-refractivity contribution < 1.29 is 35.9 Å². The zero-order valence-electron chi connectivity index (χ0n) is 18.8. The molecule has 4 nitrogen and oxygen atoms in total. The number of carbonyl (C=O) groups excluding carboxylic acids is 2. The highest BCUT2D eigenvalue weighted by molar-refractivity contribution is 9.14. The summed E-state index contributed by atoms with van der Waals surface area (Å²) in [6.45, 7) is 1.20. The van der Waals surface area contributed by atoms with E-state index < -0.39 is 48.1 Å². The van der Waals surface area contributed by atoms with Crippen LogP contribution in [0.2, 0.25) is 0 Å². The summed E-state index contributed by atoms with van der Waals surface area (Å²) < 4.78 is 80.1. The maximum atomic E-state index is 13.9. The van der Waals surface area contributed by atoms with Crippen LogP contribution in [0, 0.1) is 11.3 Å². The van der Waals surface area contributed by atoms with E-state index in [-0.39, 0.29) is 16.5 Å². The van der Waals surface area contributed by atoms with Crippen LogP contribution in [0.4, 0.5) is 26.3 Å². The number of benzene rings is 1. The second-order valence-corrected chi connectivity index (χ2v) is 11.1. The first-order valence-electron chi connectivity index (χ1n) is 10.4. The number of carbonyl (C=O) groups is 2. The summed E-state index contributed by atoms with van der Waals surface area (Å²) in [5.74, 6) is -3.57. The van der Waals surface area contributed by atoms with Gasteiger partial charge in [-0.25, -0.2) is 0 Å². The van der Waals surface area contributed by atoms with Gasteiger partial charge in [0.05, 0.1) is 11.5 Å². The number of allylic oxidation sites excluding steroid dienone is 5. The predicted molar refractivity (Wildman–Crippen MR) is 135 cm³/mol. The minimum atomic E-state index is -4.59. The van der Waals surface area contributed by atoms with E-state index in [2.05, 4.69) is 53.1 Å². The topological polar surface area (TPSA) is 58.2 Å². The van der Waals surface area contributed by atoms with E-state index in [0.29, 0.717) is 14.5 Å². The lowest BCUT2D eigenvalue weighted by Gasteiger charge is -2.36. The number of hydrogen-bond acceptors (Lipinski definition) is 2. The van der Waals surface area contributed by atoms with Gasteiger partial charge in [0.2, 0.25) is 5.91 Å². The Balaban J connectivity index is 2.16. The third-order valence-electron chi connectivity index (χ3n) is 5.39. The summed E-state index contributed by atoms with van der Waals surface area (Å²) in [4.78, 5) is 24.2. The van der Waals surface area contributed by atoms with Crippen LogP contribution in [0.15, 0.2) is 49.9 Å². The van der Waals surface area contributed by atoms with Crippen molar-refractivity contribution in [1.82, 2.24) is 10.6 Å². The molecular formula is C23H21Br3F6N2O2. The van der Waals surface area contributed by atoms with Crippen LogP contribution in [0.1, 0.15) is 36.2 Å². The molecule has 2 N–H and O–H groups in total.